The van der Waals surface area contributed by atoms with Gasteiger partial charge < -0.3 is 10.4 Å². The van der Waals surface area contributed by atoms with E-state index in [-0.39, 0.29) is 19.0 Å². The van der Waals surface area contributed by atoms with Gasteiger partial charge in [-0.05, 0) is 33.7 Å². The normalized spacial score (nSPS) is 15.6. The van der Waals surface area contributed by atoms with Crippen LogP contribution in [0.5, 0.6) is 0 Å². The summed E-state index contributed by atoms with van der Waals surface area (Å²) in [4.78, 5) is 0. The first-order valence-electron chi connectivity index (χ1n) is 4.65. The molecule has 0 rings (SSSR count). The third-order valence-corrected chi connectivity index (χ3v) is 2.15. The van der Waals surface area contributed by atoms with Crippen molar-refractivity contribution in [1.82, 2.24) is 5.32 Å². The number of alkyl halides is 3. The number of hydrogen-bond donors (Lipinski definition) is 2. The Bertz CT molecular complexity index is 162. The highest BCUT2D eigenvalue weighted by Gasteiger charge is 2.26. The molecule has 0 aliphatic carbocycles. The van der Waals surface area contributed by atoms with E-state index in [9.17, 15) is 18.3 Å². The monoisotopic (exact) mass is 213 g/mol. The molecule has 0 saturated carbocycles. The van der Waals surface area contributed by atoms with Crippen LogP contribution in [0.2, 0.25) is 0 Å². The van der Waals surface area contributed by atoms with E-state index in [4.69, 9.17) is 0 Å². The molecule has 0 spiro atoms. The Kier molecular flexibility index (Phi) is 4.88. The summed E-state index contributed by atoms with van der Waals surface area (Å²) in [5.41, 5.74) is -0.905. The topological polar surface area (TPSA) is 32.3 Å². The van der Waals surface area contributed by atoms with Gasteiger partial charge in [-0.15, -0.1) is 0 Å². The summed E-state index contributed by atoms with van der Waals surface area (Å²) in [6.45, 7) is 5.25. The van der Waals surface area contributed by atoms with E-state index >= 15 is 0 Å². The van der Waals surface area contributed by atoms with E-state index in [1.165, 1.54) is 0 Å². The number of halogens is 3. The standard InChI is InChI=1S/C9H18F3NO/c1-7(8(2,3)14)13-6-4-5-9(10,11)12/h7,13-14H,4-6H2,1-3H3. The van der Waals surface area contributed by atoms with Gasteiger partial charge in [0.05, 0.1) is 5.60 Å². The largest absolute Gasteiger partial charge is 0.389 e. The van der Waals surface area contributed by atoms with Crippen LogP contribution in [-0.4, -0.2) is 29.5 Å². The first-order valence-corrected chi connectivity index (χ1v) is 4.65. The minimum atomic E-state index is -4.08. The van der Waals surface area contributed by atoms with Crippen molar-refractivity contribution in [3.05, 3.63) is 0 Å². The summed E-state index contributed by atoms with van der Waals surface area (Å²) >= 11 is 0. The van der Waals surface area contributed by atoms with Gasteiger partial charge >= 0.3 is 6.18 Å². The van der Waals surface area contributed by atoms with Crippen molar-refractivity contribution < 1.29 is 18.3 Å². The summed E-state index contributed by atoms with van der Waals surface area (Å²) in [6, 6.07) is -0.212. The maximum Gasteiger partial charge on any atom is 0.389 e. The zero-order chi connectivity index (χ0) is 11.4. The molecule has 0 aliphatic heterocycles. The maximum absolute atomic E-state index is 11.7. The van der Waals surface area contributed by atoms with Crippen LogP contribution in [-0.2, 0) is 0 Å². The van der Waals surface area contributed by atoms with Crippen LogP contribution in [0, 0.1) is 0 Å². The van der Waals surface area contributed by atoms with Gasteiger partial charge in [-0.25, -0.2) is 0 Å². The highest BCUT2D eigenvalue weighted by molar-refractivity contribution is 4.79. The van der Waals surface area contributed by atoms with Gasteiger partial charge in [0.2, 0.25) is 0 Å². The molecule has 1 unspecified atom stereocenters. The van der Waals surface area contributed by atoms with Gasteiger partial charge in [0.25, 0.3) is 0 Å². The van der Waals surface area contributed by atoms with E-state index in [0.29, 0.717) is 0 Å². The Labute approximate surface area is 82.5 Å². The highest BCUT2D eigenvalue weighted by atomic mass is 19.4. The molecule has 2 N–H and O–H groups in total. The minimum Gasteiger partial charge on any atom is -0.389 e. The fraction of sp³-hybridized carbons (Fsp3) is 1.00. The average Bonchev–Trinajstić information content (AvgIpc) is 1.93. The van der Waals surface area contributed by atoms with Gasteiger partial charge in [0.1, 0.15) is 0 Å². The second-order valence-electron chi connectivity index (χ2n) is 4.05. The number of aliphatic hydroxyl groups is 1. The van der Waals surface area contributed by atoms with Crippen LogP contribution >= 0.6 is 0 Å². The predicted octanol–water partition coefficient (Wildman–Crippen LogP) is 2.08. The lowest BCUT2D eigenvalue weighted by molar-refractivity contribution is -0.135. The van der Waals surface area contributed by atoms with Crippen molar-refractivity contribution in [2.45, 2.75) is 51.4 Å². The Morgan fingerprint density at radius 3 is 2.14 bits per heavy atom. The van der Waals surface area contributed by atoms with Gasteiger partial charge in [0, 0.05) is 12.5 Å². The van der Waals surface area contributed by atoms with Crippen molar-refractivity contribution in [2.75, 3.05) is 6.54 Å². The molecular weight excluding hydrogens is 195 g/mol. The van der Waals surface area contributed by atoms with Gasteiger partial charge in [-0.3, -0.25) is 0 Å². The predicted molar refractivity (Wildman–Crippen MR) is 49.1 cm³/mol. The first kappa shape index (κ1) is 13.7. The second-order valence-corrected chi connectivity index (χ2v) is 4.05. The first-order chi connectivity index (χ1) is 6.13. The minimum absolute atomic E-state index is 0.0456. The summed E-state index contributed by atoms with van der Waals surface area (Å²) in [5, 5.41) is 12.3. The molecule has 0 aromatic carbocycles. The van der Waals surface area contributed by atoms with Gasteiger partial charge in [-0.2, -0.15) is 13.2 Å². The van der Waals surface area contributed by atoms with Crippen LogP contribution in [0.15, 0.2) is 0 Å². The van der Waals surface area contributed by atoms with E-state index in [1.54, 1.807) is 20.8 Å². The molecule has 0 heterocycles. The fourth-order valence-electron chi connectivity index (χ4n) is 0.857. The fourth-order valence-corrected chi connectivity index (χ4v) is 0.857. The van der Waals surface area contributed by atoms with Crippen molar-refractivity contribution in [2.24, 2.45) is 0 Å². The molecule has 0 aromatic rings. The summed E-state index contributed by atoms with van der Waals surface area (Å²) in [5.74, 6) is 0. The third kappa shape index (κ3) is 7.15. The van der Waals surface area contributed by atoms with Crippen LogP contribution in [0.25, 0.3) is 0 Å². The van der Waals surface area contributed by atoms with Crippen LogP contribution in [0.4, 0.5) is 13.2 Å². The van der Waals surface area contributed by atoms with Gasteiger partial charge in [-0.1, -0.05) is 0 Å². The summed E-state index contributed by atoms with van der Waals surface area (Å²) in [6.07, 6.45) is -4.82. The lowest BCUT2D eigenvalue weighted by Crippen LogP contribution is -2.44. The average molecular weight is 213 g/mol. The molecule has 2 nitrogen and oxygen atoms in total. The number of rotatable bonds is 5. The Morgan fingerprint density at radius 2 is 1.79 bits per heavy atom. The lowest BCUT2D eigenvalue weighted by Gasteiger charge is -2.26. The number of nitrogens with one attached hydrogen (secondary N) is 1. The molecule has 5 heteroatoms. The molecule has 0 aliphatic rings. The molecule has 1 atom stereocenters. The molecule has 0 fully saturated rings. The van der Waals surface area contributed by atoms with E-state index in [1.807, 2.05) is 0 Å². The molecule has 0 aromatic heterocycles. The number of hydrogen-bond acceptors (Lipinski definition) is 2. The zero-order valence-corrected chi connectivity index (χ0v) is 8.78. The highest BCUT2D eigenvalue weighted by Crippen LogP contribution is 2.20. The molecule has 0 radical (unpaired) electrons. The zero-order valence-electron chi connectivity index (χ0n) is 8.78. The van der Waals surface area contributed by atoms with E-state index in [2.05, 4.69) is 5.32 Å². The van der Waals surface area contributed by atoms with Crippen LogP contribution in [0.3, 0.4) is 0 Å². The van der Waals surface area contributed by atoms with Gasteiger partial charge in [0.15, 0.2) is 0 Å². The van der Waals surface area contributed by atoms with Crippen LogP contribution in [0.1, 0.15) is 33.6 Å². The maximum atomic E-state index is 11.7. The summed E-state index contributed by atoms with van der Waals surface area (Å²) in [7, 11) is 0. The summed E-state index contributed by atoms with van der Waals surface area (Å²) < 4.78 is 35.2. The van der Waals surface area contributed by atoms with Crippen molar-refractivity contribution in [3.8, 4) is 0 Å². The molecule has 14 heavy (non-hydrogen) atoms. The molecule has 0 saturated heterocycles. The smallest absolute Gasteiger partial charge is 0.389 e. The van der Waals surface area contributed by atoms with Crippen molar-refractivity contribution >= 4 is 0 Å². The second kappa shape index (κ2) is 4.98. The molecular formula is C9H18F3NO. The van der Waals surface area contributed by atoms with Crippen LogP contribution < -0.4 is 5.32 Å². The third-order valence-electron chi connectivity index (χ3n) is 2.15. The Balaban J connectivity index is 3.56. The van der Waals surface area contributed by atoms with E-state index < -0.39 is 18.2 Å². The molecule has 0 amide bonds. The van der Waals surface area contributed by atoms with Crippen molar-refractivity contribution in [1.29, 1.82) is 0 Å². The SMILES string of the molecule is CC(NCCCC(F)(F)F)C(C)(C)O. The Hall–Kier alpha value is -0.290. The Morgan fingerprint density at radius 1 is 1.29 bits per heavy atom. The van der Waals surface area contributed by atoms with E-state index in [0.717, 1.165) is 0 Å². The molecule has 86 valence electrons. The van der Waals surface area contributed by atoms with Crippen molar-refractivity contribution in [3.63, 3.8) is 0 Å². The quantitative estimate of drug-likeness (QED) is 0.685. The lowest BCUT2D eigenvalue weighted by atomic mass is 10.0. The molecule has 0 bridgehead atoms.